The van der Waals surface area contributed by atoms with Gasteiger partial charge in [0.15, 0.2) is 12.0 Å². The normalized spacial score (nSPS) is 16.1. The van der Waals surface area contributed by atoms with Gasteiger partial charge < -0.3 is 34.3 Å². The van der Waals surface area contributed by atoms with E-state index >= 15 is 0 Å². The Morgan fingerprint density at radius 1 is 1.05 bits per heavy atom. The molecule has 202 valence electrons. The van der Waals surface area contributed by atoms with E-state index in [2.05, 4.69) is 5.32 Å². The molecule has 4 rings (SSSR count). The number of carbonyl (C=O) groups is 1. The molecule has 2 aromatic carbocycles. The van der Waals surface area contributed by atoms with Crippen molar-refractivity contribution in [3.05, 3.63) is 99.5 Å². The summed E-state index contributed by atoms with van der Waals surface area (Å²) in [6, 6.07) is 17.8. The van der Waals surface area contributed by atoms with Gasteiger partial charge in [0.05, 0.1) is 18.9 Å². The summed E-state index contributed by atoms with van der Waals surface area (Å²) < 4.78 is 20.2. The Hall–Kier alpha value is -3.50. The zero-order valence-electron chi connectivity index (χ0n) is 21.3. The molecule has 9 heteroatoms. The molecule has 0 radical (unpaired) electrons. The molecule has 3 N–H and O–H groups in total. The summed E-state index contributed by atoms with van der Waals surface area (Å²) in [7, 11) is 0. The fourth-order valence-corrected chi connectivity index (χ4v) is 4.37. The lowest BCUT2D eigenvalue weighted by molar-refractivity contribution is -0.183. The maximum atomic E-state index is 13.1. The lowest BCUT2D eigenvalue weighted by Crippen LogP contribution is -2.29. The summed E-state index contributed by atoms with van der Waals surface area (Å²) >= 11 is 0. The number of aliphatic hydroxyl groups excluding tert-OH is 2. The topological polar surface area (TPSA) is 119 Å². The van der Waals surface area contributed by atoms with E-state index in [4.69, 9.17) is 19.3 Å². The molecule has 2 unspecified atom stereocenters. The third-order valence-electron chi connectivity index (χ3n) is 6.29. The molecule has 2 heterocycles. The minimum Gasteiger partial charge on any atom is -0.483 e. The van der Waals surface area contributed by atoms with Crippen LogP contribution in [0.5, 0.6) is 5.75 Å². The minimum atomic E-state index is -0.765. The van der Waals surface area contributed by atoms with Crippen LogP contribution in [0, 0.1) is 0 Å². The van der Waals surface area contributed by atoms with Crippen LogP contribution < -0.4 is 15.5 Å². The first-order chi connectivity index (χ1) is 18.6. The van der Waals surface area contributed by atoms with Gasteiger partial charge >= 0.3 is 0 Å². The zero-order chi connectivity index (χ0) is 26.7. The SMILES string of the molecule is O=C(NCCO)c1ccc(C(OC2CCCCO2)c2c(OCc3ccccc3)c(=O)ccn2CCO)cc1. The molecule has 3 aromatic rings. The van der Waals surface area contributed by atoms with Crippen LogP contribution in [0.25, 0.3) is 0 Å². The molecule has 1 aliphatic rings. The molecule has 1 aromatic heterocycles. The van der Waals surface area contributed by atoms with Crippen LogP contribution in [-0.4, -0.2) is 53.3 Å². The first-order valence-electron chi connectivity index (χ1n) is 12.9. The first kappa shape index (κ1) is 27.5. The molecule has 1 fully saturated rings. The third-order valence-corrected chi connectivity index (χ3v) is 6.29. The molecule has 0 saturated carbocycles. The lowest BCUT2D eigenvalue weighted by Gasteiger charge is -2.30. The highest BCUT2D eigenvalue weighted by molar-refractivity contribution is 5.94. The third kappa shape index (κ3) is 7.08. The Bertz CT molecular complexity index is 1220. The van der Waals surface area contributed by atoms with Crippen LogP contribution in [0.3, 0.4) is 0 Å². The Morgan fingerprint density at radius 3 is 2.53 bits per heavy atom. The largest absolute Gasteiger partial charge is 0.483 e. The molecule has 0 aliphatic carbocycles. The van der Waals surface area contributed by atoms with E-state index < -0.39 is 12.4 Å². The van der Waals surface area contributed by atoms with Crippen LogP contribution in [0.1, 0.15) is 52.5 Å². The number of aromatic nitrogens is 1. The predicted octanol–water partition coefficient (Wildman–Crippen LogP) is 2.77. The summed E-state index contributed by atoms with van der Waals surface area (Å²) in [5.74, 6) is -0.169. The van der Waals surface area contributed by atoms with Crippen LogP contribution in [-0.2, 0) is 22.6 Å². The first-order valence-corrected chi connectivity index (χ1v) is 12.9. The molecule has 1 saturated heterocycles. The van der Waals surface area contributed by atoms with Gasteiger partial charge in [-0.2, -0.15) is 0 Å². The van der Waals surface area contributed by atoms with Gasteiger partial charge in [0, 0.05) is 37.5 Å². The van der Waals surface area contributed by atoms with Gasteiger partial charge in [0.1, 0.15) is 12.7 Å². The Labute approximate surface area is 221 Å². The quantitative estimate of drug-likeness (QED) is 0.335. The smallest absolute Gasteiger partial charge is 0.251 e. The van der Waals surface area contributed by atoms with Crippen LogP contribution >= 0.6 is 0 Å². The average Bonchev–Trinajstić information content (AvgIpc) is 2.96. The Kier molecular flexibility index (Phi) is 10.1. The van der Waals surface area contributed by atoms with Crippen molar-refractivity contribution in [1.29, 1.82) is 0 Å². The highest BCUT2D eigenvalue weighted by Gasteiger charge is 2.29. The van der Waals surface area contributed by atoms with Gasteiger partial charge in [0.25, 0.3) is 5.91 Å². The van der Waals surface area contributed by atoms with E-state index in [9.17, 15) is 14.7 Å². The highest BCUT2D eigenvalue weighted by atomic mass is 16.7. The Morgan fingerprint density at radius 2 is 1.84 bits per heavy atom. The summed E-state index contributed by atoms with van der Waals surface area (Å²) in [6.07, 6.45) is 2.98. The second-order valence-electron chi connectivity index (χ2n) is 9.00. The summed E-state index contributed by atoms with van der Waals surface area (Å²) in [5, 5.41) is 21.4. The number of carbonyl (C=O) groups excluding carboxylic acids is 1. The van der Waals surface area contributed by atoms with Crippen molar-refractivity contribution < 1.29 is 29.2 Å². The summed E-state index contributed by atoms with van der Waals surface area (Å²) in [5.41, 5.74) is 2.19. The molecular formula is C29H34N2O7. The number of amides is 1. The zero-order valence-corrected chi connectivity index (χ0v) is 21.3. The average molecular weight is 523 g/mol. The van der Waals surface area contributed by atoms with Gasteiger partial charge in [0.2, 0.25) is 5.43 Å². The molecule has 2 atom stereocenters. The number of nitrogens with zero attached hydrogens (tertiary/aromatic N) is 1. The number of ether oxygens (including phenoxy) is 3. The van der Waals surface area contributed by atoms with E-state index in [-0.39, 0.29) is 50.0 Å². The van der Waals surface area contributed by atoms with E-state index in [1.54, 1.807) is 35.0 Å². The van der Waals surface area contributed by atoms with Crippen molar-refractivity contribution >= 4 is 5.91 Å². The van der Waals surface area contributed by atoms with Gasteiger partial charge in [-0.15, -0.1) is 0 Å². The molecule has 9 nitrogen and oxygen atoms in total. The van der Waals surface area contributed by atoms with Crippen molar-refractivity contribution in [2.45, 2.75) is 44.8 Å². The van der Waals surface area contributed by atoms with E-state index in [0.717, 1.165) is 18.4 Å². The van der Waals surface area contributed by atoms with Crippen molar-refractivity contribution in [2.75, 3.05) is 26.4 Å². The minimum absolute atomic E-state index is 0.135. The number of hydrogen-bond donors (Lipinski definition) is 3. The van der Waals surface area contributed by atoms with Gasteiger partial charge in [-0.25, -0.2) is 0 Å². The fraction of sp³-hybridized carbons (Fsp3) is 0.379. The number of benzene rings is 2. The maximum absolute atomic E-state index is 13.1. The summed E-state index contributed by atoms with van der Waals surface area (Å²) in [6.45, 7) is 0.850. The number of nitrogens with one attached hydrogen (secondary N) is 1. The molecular weight excluding hydrogens is 488 g/mol. The van der Waals surface area contributed by atoms with Crippen molar-refractivity contribution in [3.63, 3.8) is 0 Å². The standard InChI is InChI=1S/C29H34N2O7/c32-17-14-30-29(35)23-11-9-22(10-12-23)27(38-25-8-4-5-19-36-25)26-28(24(34)13-15-31(26)16-18-33)37-20-21-6-2-1-3-7-21/h1-3,6-7,9-13,15,25,27,32-33H,4-5,8,14,16-20H2,(H,30,35). The van der Waals surface area contributed by atoms with E-state index in [0.29, 0.717) is 29.8 Å². The van der Waals surface area contributed by atoms with Gasteiger partial charge in [-0.3, -0.25) is 9.59 Å². The number of rotatable bonds is 12. The summed E-state index contributed by atoms with van der Waals surface area (Å²) in [4.78, 5) is 25.5. The number of aliphatic hydroxyl groups is 2. The van der Waals surface area contributed by atoms with E-state index in [1.807, 2.05) is 30.3 Å². The highest BCUT2D eigenvalue weighted by Crippen LogP contribution is 2.34. The van der Waals surface area contributed by atoms with Gasteiger partial charge in [-0.05, 0) is 42.5 Å². The van der Waals surface area contributed by atoms with Crippen molar-refractivity contribution in [1.82, 2.24) is 9.88 Å². The molecule has 0 spiro atoms. The maximum Gasteiger partial charge on any atom is 0.251 e. The van der Waals surface area contributed by atoms with Crippen LogP contribution in [0.2, 0.25) is 0 Å². The molecule has 1 amide bonds. The van der Waals surface area contributed by atoms with E-state index in [1.165, 1.54) is 6.07 Å². The van der Waals surface area contributed by atoms with Gasteiger partial charge in [-0.1, -0.05) is 42.5 Å². The fourth-order valence-electron chi connectivity index (χ4n) is 4.37. The predicted molar refractivity (Wildman–Crippen MR) is 141 cm³/mol. The Balaban J connectivity index is 1.74. The molecule has 1 aliphatic heterocycles. The van der Waals surface area contributed by atoms with Crippen molar-refractivity contribution in [3.8, 4) is 5.75 Å². The molecule has 0 bridgehead atoms. The monoisotopic (exact) mass is 522 g/mol. The lowest BCUT2D eigenvalue weighted by atomic mass is 10.0. The van der Waals surface area contributed by atoms with Crippen LogP contribution in [0.15, 0.2) is 71.7 Å². The second-order valence-corrected chi connectivity index (χ2v) is 9.00. The second kappa shape index (κ2) is 13.9. The number of hydrogen-bond acceptors (Lipinski definition) is 7. The van der Waals surface area contributed by atoms with Crippen LogP contribution in [0.4, 0.5) is 0 Å². The van der Waals surface area contributed by atoms with Crippen molar-refractivity contribution in [2.24, 2.45) is 0 Å². The number of pyridine rings is 1. The molecule has 38 heavy (non-hydrogen) atoms.